The number of hydrogen-bond acceptors (Lipinski definition) is 2. The molecule has 3 fully saturated rings. The van der Waals surface area contributed by atoms with Crippen LogP contribution in [0.25, 0.3) is 0 Å². The van der Waals surface area contributed by atoms with Crippen LogP contribution in [-0.4, -0.2) is 35.6 Å². The summed E-state index contributed by atoms with van der Waals surface area (Å²) in [6.07, 6.45) is 10.0. The summed E-state index contributed by atoms with van der Waals surface area (Å²) < 4.78 is 0. The van der Waals surface area contributed by atoms with Gasteiger partial charge in [-0.15, -0.1) is 0 Å². The van der Waals surface area contributed by atoms with E-state index in [1.54, 1.807) is 0 Å². The van der Waals surface area contributed by atoms with Crippen LogP contribution in [0.15, 0.2) is 0 Å². The molecule has 0 radical (unpaired) electrons. The average molecular weight is 264 g/mol. The summed E-state index contributed by atoms with van der Waals surface area (Å²) in [7, 11) is 0. The highest BCUT2D eigenvalue weighted by Gasteiger charge is 2.50. The Morgan fingerprint density at radius 1 is 1.26 bits per heavy atom. The highest BCUT2D eigenvalue weighted by molar-refractivity contribution is 5.07. The smallest absolute Gasteiger partial charge is 0.0309 e. The molecule has 110 valence electrons. The van der Waals surface area contributed by atoms with E-state index in [1.165, 1.54) is 58.0 Å². The van der Waals surface area contributed by atoms with Crippen molar-refractivity contribution < 1.29 is 0 Å². The summed E-state index contributed by atoms with van der Waals surface area (Å²) in [6, 6.07) is 1.70. The molecule has 0 bridgehead atoms. The van der Waals surface area contributed by atoms with E-state index in [4.69, 9.17) is 0 Å². The fourth-order valence-electron chi connectivity index (χ4n) is 4.65. The lowest BCUT2D eigenvalue weighted by molar-refractivity contribution is 0.0458. The summed E-state index contributed by atoms with van der Waals surface area (Å²) in [6.45, 7) is 9.71. The molecule has 1 saturated heterocycles. The molecule has 0 aromatic carbocycles. The summed E-state index contributed by atoms with van der Waals surface area (Å²) in [5.41, 5.74) is 0.491. The van der Waals surface area contributed by atoms with Crippen molar-refractivity contribution in [1.29, 1.82) is 0 Å². The SMILES string of the molecule is CCCC1CC1N1CC2(CCCC2)NCC1C(C)C. The quantitative estimate of drug-likeness (QED) is 0.837. The van der Waals surface area contributed by atoms with Crippen LogP contribution in [0.2, 0.25) is 0 Å². The Balaban J connectivity index is 1.68. The number of nitrogens with zero attached hydrogens (tertiary/aromatic N) is 1. The van der Waals surface area contributed by atoms with Gasteiger partial charge in [-0.2, -0.15) is 0 Å². The summed E-state index contributed by atoms with van der Waals surface area (Å²) in [4.78, 5) is 2.92. The van der Waals surface area contributed by atoms with Gasteiger partial charge in [0.2, 0.25) is 0 Å². The Morgan fingerprint density at radius 2 is 2.00 bits per heavy atom. The molecule has 3 unspecified atom stereocenters. The van der Waals surface area contributed by atoms with E-state index in [-0.39, 0.29) is 0 Å². The van der Waals surface area contributed by atoms with Gasteiger partial charge in [-0.25, -0.2) is 0 Å². The van der Waals surface area contributed by atoms with Gasteiger partial charge in [-0.05, 0) is 37.5 Å². The molecule has 1 aliphatic heterocycles. The molecule has 0 aromatic rings. The van der Waals surface area contributed by atoms with Crippen molar-refractivity contribution in [1.82, 2.24) is 10.2 Å². The Labute approximate surface area is 119 Å². The Hall–Kier alpha value is -0.0800. The van der Waals surface area contributed by atoms with Crippen LogP contribution >= 0.6 is 0 Å². The van der Waals surface area contributed by atoms with Crippen LogP contribution in [0.4, 0.5) is 0 Å². The molecule has 3 aliphatic rings. The molecule has 1 heterocycles. The predicted molar refractivity (Wildman–Crippen MR) is 81.3 cm³/mol. The Morgan fingerprint density at radius 3 is 2.63 bits per heavy atom. The third-order valence-electron chi connectivity index (χ3n) is 5.90. The van der Waals surface area contributed by atoms with Crippen molar-refractivity contribution in [2.24, 2.45) is 11.8 Å². The van der Waals surface area contributed by atoms with Gasteiger partial charge in [0.15, 0.2) is 0 Å². The van der Waals surface area contributed by atoms with Crippen LogP contribution in [0.1, 0.15) is 65.7 Å². The third-order valence-corrected chi connectivity index (χ3v) is 5.90. The molecule has 2 heteroatoms. The lowest BCUT2D eigenvalue weighted by Crippen LogP contribution is -2.65. The van der Waals surface area contributed by atoms with Crippen molar-refractivity contribution in [3.8, 4) is 0 Å². The number of rotatable bonds is 4. The molecule has 1 spiro atoms. The Kier molecular flexibility index (Phi) is 3.92. The van der Waals surface area contributed by atoms with E-state index in [0.717, 1.165) is 23.9 Å². The minimum Gasteiger partial charge on any atom is -0.308 e. The van der Waals surface area contributed by atoms with E-state index >= 15 is 0 Å². The maximum Gasteiger partial charge on any atom is 0.0309 e. The molecule has 0 amide bonds. The molecule has 3 atom stereocenters. The molecule has 1 N–H and O–H groups in total. The maximum atomic E-state index is 3.94. The fourth-order valence-corrected chi connectivity index (χ4v) is 4.65. The summed E-state index contributed by atoms with van der Waals surface area (Å²) in [5, 5.41) is 3.94. The van der Waals surface area contributed by atoms with Gasteiger partial charge in [0, 0.05) is 30.7 Å². The van der Waals surface area contributed by atoms with Crippen molar-refractivity contribution in [2.75, 3.05) is 13.1 Å². The molecular formula is C17H32N2. The first kappa shape index (κ1) is 13.9. The second-order valence-electron chi connectivity index (χ2n) is 7.70. The van der Waals surface area contributed by atoms with Crippen LogP contribution in [0.3, 0.4) is 0 Å². The van der Waals surface area contributed by atoms with E-state index in [1.807, 2.05) is 0 Å². The monoisotopic (exact) mass is 264 g/mol. The molecule has 2 aliphatic carbocycles. The van der Waals surface area contributed by atoms with Crippen molar-refractivity contribution in [3.05, 3.63) is 0 Å². The lowest BCUT2D eigenvalue weighted by atomic mass is 9.88. The first-order valence-electron chi connectivity index (χ1n) is 8.66. The van der Waals surface area contributed by atoms with Gasteiger partial charge in [-0.3, -0.25) is 4.90 Å². The van der Waals surface area contributed by atoms with Gasteiger partial charge in [0.05, 0.1) is 0 Å². The maximum absolute atomic E-state index is 3.94. The van der Waals surface area contributed by atoms with Gasteiger partial charge < -0.3 is 5.32 Å². The standard InChI is InChI=1S/C17H32N2/c1-4-7-14-10-15(14)19-12-17(8-5-6-9-17)18-11-16(19)13(2)3/h13-16,18H,4-12H2,1-3H3. The fraction of sp³-hybridized carbons (Fsp3) is 1.00. The van der Waals surface area contributed by atoms with E-state index in [0.29, 0.717) is 5.54 Å². The molecule has 19 heavy (non-hydrogen) atoms. The van der Waals surface area contributed by atoms with Crippen LogP contribution < -0.4 is 5.32 Å². The first-order valence-corrected chi connectivity index (χ1v) is 8.66. The molecular weight excluding hydrogens is 232 g/mol. The average Bonchev–Trinajstić information content (AvgIpc) is 3.01. The van der Waals surface area contributed by atoms with Crippen LogP contribution in [0, 0.1) is 11.8 Å². The highest BCUT2D eigenvalue weighted by atomic mass is 15.3. The minimum atomic E-state index is 0.491. The Bertz CT molecular complexity index is 306. The minimum absolute atomic E-state index is 0.491. The lowest BCUT2D eigenvalue weighted by Gasteiger charge is -2.48. The third kappa shape index (κ3) is 2.71. The highest BCUT2D eigenvalue weighted by Crippen LogP contribution is 2.44. The zero-order chi connectivity index (χ0) is 13.5. The van der Waals surface area contributed by atoms with Gasteiger partial charge in [0.1, 0.15) is 0 Å². The van der Waals surface area contributed by atoms with Crippen LogP contribution in [-0.2, 0) is 0 Å². The summed E-state index contributed by atoms with van der Waals surface area (Å²) in [5.74, 6) is 1.80. The molecule has 0 aromatic heterocycles. The number of hydrogen-bond donors (Lipinski definition) is 1. The summed E-state index contributed by atoms with van der Waals surface area (Å²) >= 11 is 0. The zero-order valence-electron chi connectivity index (χ0n) is 13.1. The largest absolute Gasteiger partial charge is 0.308 e. The number of piperazine rings is 1. The topological polar surface area (TPSA) is 15.3 Å². The van der Waals surface area contributed by atoms with E-state index < -0.39 is 0 Å². The molecule has 2 nitrogen and oxygen atoms in total. The first-order chi connectivity index (χ1) is 9.15. The molecule has 3 rings (SSSR count). The second-order valence-corrected chi connectivity index (χ2v) is 7.70. The van der Waals surface area contributed by atoms with Crippen molar-refractivity contribution in [2.45, 2.75) is 83.3 Å². The zero-order valence-corrected chi connectivity index (χ0v) is 13.1. The van der Waals surface area contributed by atoms with Crippen molar-refractivity contribution in [3.63, 3.8) is 0 Å². The van der Waals surface area contributed by atoms with Crippen molar-refractivity contribution >= 4 is 0 Å². The van der Waals surface area contributed by atoms with Gasteiger partial charge in [0.25, 0.3) is 0 Å². The predicted octanol–water partition coefficient (Wildman–Crippen LogP) is 3.42. The normalized spacial score (nSPS) is 38.2. The van der Waals surface area contributed by atoms with E-state index in [2.05, 4.69) is 31.0 Å². The second kappa shape index (κ2) is 5.37. The van der Waals surface area contributed by atoms with Crippen LogP contribution in [0.5, 0.6) is 0 Å². The van der Waals surface area contributed by atoms with Gasteiger partial charge >= 0.3 is 0 Å². The number of nitrogens with one attached hydrogen (secondary N) is 1. The van der Waals surface area contributed by atoms with E-state index in [9.17, 15) is 0 Å². The molecule has 2 saturated carbocycles. The van der Waals surface area contributed by atoms with Gasteiger partial charge in [-0.1, -0.05) is 40.0 Å².